The maximum absolute atomic E-state index is 5.51. The van der Waals surface area contributed by atoms with Gasteiger partial charge in [-0.05, 0) is 24.7 Å². The predicted octanol–water partition coefficient (Wildman–Crippen LogP) is 2.11. The van der Waals surface area contributed by atoms with Crippen molar-refractivity contribution in [1.29, 1.82) is 0 Å². The Hall–Kier alpha value is -0.770. The minimum atomic E-state index is 0.268. The van der Waals surface area contributed by atoms with Crippen LogP contribution in [0.25, 0.3) is 0 Å². The van der Waals surface area contributed by atoms with Gasteiger partial charge in [-0.15, -0.1) is 0 Å². The minimum Gasteiger partial charge on any atom is -0.381 e. The van der Waals surface area contributed by atoms with Gasteiger partial charge in [0.1, 0.15) is 0 Å². The highest BCUT2D eigenvalue weighted by Crippen LogP contribution is 2.33. The Bertz CT molecular complexity index is 336. The number of hydrogen-bond donors (Lipinski definition) is 1. The molecule has 2 saturated heterocycles. The predicted molar refractivity (Wildman–Crippen MR) is 79.5 cm³/mol. The summed E-state index contributed by atoms with van der Waals surface area (Å²) in [5, 5.41) is 3.55. The number of hydrogen-bond acceptors (Lipinski definition) is 2. The SMILES string of the molecule is CCC1(C)CCN(C(=NC)NCC2(C)CCOC2)C1. The zero-order chi connectivity index (χ0) is 13.9. The van der Waals surface area contributed by atoms with Gasteiger partial charge in [-0.25, -0.2) is 0 Å². The quantitative estimate of drug-likeness (QED) is 0.628. The fourth-order valence-electron chi connectivity index (χ4n) is 2.97. The Labute approximate surface area is 117 Å². The van der Waals surface area contributed by atoms with Gasteiger partial charge in [0.15, 0.2) is 5.96 Å². The zero-order valence-electron chi connectivity index (χ0n) is 13.0. The second-order valence-corrected chi connectivity index (χ2v) is 6.85. The fourth-order valence-corrected chi connectivity index (χ4v) is 2.97. The standard InChI is InChI=1S/C15H29N3O/c1-5-14(2)6-8-18(11-14)13(16-4)17-10-15(3)7-9-19-12-15/h5-12H2,1-4H3,(H,16,17). The van der Waals surface area contributed by atoms with Crippen molar-refractivity contribution in [3.05, 3.63) is 0 Å². The molecule has 2 aliphatic rings. The Morgan fingerprint density at radius 1 is 1.32 bits per heavy atom. The van der Waals surface area contributed by atoms with Gasteiger partial charge in [0.05, 0.1) is 6.61 Å². The van der Waals surface area contributed by atoms with Gasteiger partial charge in [-0.1, -0.05) is 20.8 Å². The van der Waals surface area contributed by atoms with Crippen LogP contribution in [0.15, 0.2) is 4.99 Å². The maximum Gasteiger partial charge on any atom is 0.193 e. The van der Waals surface area contributed by atoms with Crippen molar-refractivity contribution in [2.45, 2.75) is 40.0 Å². The van der Waals surface area contributed by atoms with Crippen LogP contribution in [0.2, 0.25) is 0 Å². The summed E-state index contributed by atoms with van der Waals surface area (Å²) in [6.07, 6.45) is 3.65. The molecule has 2 atom stereocenters. The number of nitrogens with zero attached hydrogens (tertiary/aromatic N) is 2. The largest absolute Gasteiger partial charge is 0.381 e. The highest BCUT2D eigenvalue weighted by atomic mass is 16.5. The summed E-state index contributed by atoms with van der Waals surface area (Å²) in [5.74, 6) is 1.06. The average Bonchev–Trinajstić information content (AvgIpc) is 2.99. The number of aliphatic imine (C=N–C) groups is 1. The van der Waals surface area contributed by atoms with Crippen LogP contribution in [0.1, 0.15) is 40.0 Å². The Kier molecular flexibility index (Phi) is 4.39. The van der Waals surface area contributed by atoms with Crippen molar-refractivity contribution in [3.63, 3.8) is 0 Å². The van der Waals surface area contributed by atoms with E-state index in [0.717, 1.165) is 45.2 Å². The van der Waals surface area contributed by atoms with Crippen LogP contribution < -0.4 is 5.32 Å². The smallest absolute Gasteiger partial charge is 0.193 e. The van der Waals surface area contributed by atoms with Crippen LogP contribution >= 0.6 is 0 Å². The lowest BCUT2D eigenvalue weighted by molar-refractivity contribution is 0.160. The second kappa shape index (κ2) is 5.70. The minimum absolute atomic E-state index is 0.268. The van der Waals surface area contributed by atoms with E-state index < -0.39 is 0 Å². The molecule has 19 heavy (non-hydrogen) atoms. The molecule has 4 nitrogen and oxygen atoms in total. The van der Waals surface area contributed by atoms with Crippen molar-refractivity contribution >= 4 is 5.96 Å². The molecular formula is C15H29N3O. The van der Waals surface area contributed by atoms with Gasteiger partial charge in [0.25, 0.3) is 0 Å². The first-order chi connectivity index (χ1) is 9.00. The molecule has 0 radical (unpaired) electrons. The van der Waals surface area contributed by atoms with Crippen LogP contribution in [0.4, 0.5) is 0 Å². The van der Waals surface area contributed by atoms with Crippen molar-refractivity contribution < 1.29 is 4.74 Å². The molecule has 4 heteroatoms. The molecule has 0 saturated carbocycles. The van der Waals surface area contributed by atoms with E-state index in [1.807, 2.05) is 7.05 Å². The van der Waals surface area contributed by atoms with Crippen LogP contribution in [0.3, 0.4) is 0 Å². The molecule has 110 valence electrons. The van der Waals surface area contributed by atoms with E-state index in [9.17, 15) is 0 Å². The average molecular weight is 267 g/mol. The molecular weight excluding hydrogens is 238 g/mol. The van der Waals surface area contributed by atoms with Crippen LogP contribution in [0, 0.1) is 10.8 Å². The van der Waals surface area contributed by atoms with Crippen LogP contribution in [-0.2, 0) is 4.74 Å². The molecule has 0 spiro atoms. The Morgan fingerprint density at radius 2 is 2.11 bits per heavy atom. The Balaban J connectivity index is 1.88. The van der Waals surface area contributed by atoms with Crippen molar-refractivity contribution in [2.75, 3.05) is 39.9 Å². The maximum atomic E-state index is 5.51. The number of guanidine groups is 1. The van der Waals surface area contributed by atoms with Crippen molar-refractivity contribution in [2.24, 2.45) is 15.8 Å². The number of likely N-dealkylation sites (tertiary alicyclic amines) is 1. The monoisotopic (exact) mass is 267 g/mol. The highest BCUT2D eigenvalue weighted by Gasteiger charge is 2.35. The third kappa shape index (κ3) is 3.41. The summed E-state index contributed by atoms with van der Waals surface area (Å²) < 4.78 is 5.51. The summed E-state index contributed by atoms with van der Waals surface area (Å²) in [7, 11) is 1.89. The molecule has 0 aromatic carbocycles. The molecule has 2 heterocycles. The van der Waals surface area contributed by atoms with Gasteiger partial charge in [0.2, 0.25) is 0 Å². The summed E-state index contributed by atoms with van der Waals surface area (Å²) >= 11 is 0. The summed E-state index contributed by atoms with van der Waals surface area (Å²) in [4.78, 5) is 6.86. The van der Waals surface area contributed by atoms with E-state index in [1.165, 1.54) is 12.8 Å². The molecule has 2 fully saturated rings. The Morgan fingerprint density at radius 3 is 2.63 bits per heavy atom. The van der Waals surface area contributed by atoms with E-state index in [1.54, 1.807) is 0 Å². The third-order valence-electron chi connectivity index (χ3n) is 4.90. The zero-order valence-corrected chi connectivity index (χ0v) is 13.0. The molecule has 0 amide bonds. The van der Waals surface area contributed by atoms with E-state index in [4.69, 9.17) is 4.74 Å². The van der Waals surface area contributed by atoms with Crippen LogP contribution in [0.5, 0.6) is 0 Å². The second-order valence-electron chi connectivity index (χ2n) is 6.85. The van der Waals surface area contributed by atoms with Crippen molar-refractivity contribution in [1.82, 2.24) is 10.2 Å². The number of rotatable bonds is 3. The van der Waals surface area contributed by atoms with E-state index in [-0.39, 0.29) is 5.41 Å². The molecule has 1 N–H and O–H groups in total. The summed E-state index contributed by atoms with van der Waals surface area (Å²) in [6, 6.07) is 0. The van der Waals surface area contributed by atoms with Gasteiger partial charge >= 0.3 is 0 Å². The van der Waals surface area contributed by atoms with E-state index in [0.29, 0.717) is 5.41 Å². The molecule has 0 bridgehead atoms. The summed E-state index contributed by atoms with van der Waals surface area (Å²) in [6.45, 7) is 11.9. The van der Waals surface area contributed by atoms with Gasteiger partial charge in [0, 0.05) is 38.7 Å². The lowest BCUT2D eigenvalue weighted by Gasteiger charge is -2.28. The van der Waals surface area contributed by atoms with Gasteiger partial charge < -0.3 is 15.0 Å². The molecule has 0 aromatic rings. The van der Waals surface area contributed by atoms with E-state index in [2.05, 4.69) is 36.0 Å². The van der Waals surface area contributed by atoms with E-state index >= 15 is 0 Å². The third-order valence-corrected chi connectivity index (χ3v) is 4.90. The van der Waals surface area contributed by atoms with Crippen LogP contribution in [-0.4, -0.2) is 50.8 Å². The lowest BCUT2D eigenvalue weighted by Crippen LogP contribution is -2.45. The van der Waals surface area contributed by atoms with Gasteiger partial charge in [-0.3, -0.25) is 4.99 Å². The first-order valence-corrected chi connectivity index (χ1v) is 7.54. The highest BCUT2D eigenvalue weighted by molar-refractivity contribution is 5.80. The molecule has 2 unspecified atom stereocenters. The molecule has 0 aromatic heterocycles. The normalized spacial score (nSPS) is 36.0. The topological polar surface area (TPSA) is 36.9 Å². The lowest BCUT2D eigenvalue weighted by atomic mass is 9.87. The molecule has 2 aliphatic heterocycles. The summed E-state index contributed by atoms with van der Waals surface area (Å²) in [5.41, 5.74) is 0.724. The fraction of sp³-hybridized carbons (Fsp3) is 0.933. The number of nitrogens with one attached hydrogen (secondary N) is 1. The molecule has 2 rings (SSSR count). The number of ether oxygens (including phenoxy) is 1. The first-order valence-electron chi connectivity index (χ1n) is 7.54. The van der Waals surface area contributed by atoms with Crippen molar-refractivity contribution in [3.8, 4) is 0 Å². The first kappa shape index (κ1) is 14.6. The molecule has 0 aliphatic carbocycles. The van der Waals surface area contributed by atoms with Gasteiger partial charge in [-0.2, -0.15) is 0 Å².